The van der Waals surface area contributed by atoms with Gasteiger partial charge in [-0.25, -0.2) is 9.97 Å². The molecule has 0 fully saturated rings. The number of carbonyl (C=O) groups excluding carboxylic acids is 1. The average molecular weight is 450 g/mol. The van der Waals surface area contributed by atoms with Gasteiger partial charge in [-0.2, -0.15) is 18.2 Å². The molecule has 0 aliphatic carbocycles. The van der Waals surface area contributed by atoms with Crippen molar-refractivity contribution in [3.8, 4) is 11.6 Å². The molecule has 3 heterocycles. The fourth-order valence-electron chi connectivity index (χ4n) is 3.29. The molecule has 2 aromatic carbocycles. The first kappa shape index (κ1) is 20.4. The lowest BCUT2D eigenvalue weighted by atomic mass is 10.1. The van der Waals surface area contributed by atoms with E-state index in [1.165, 1.54) is 31.0 Å². The Bertz CT molecular complexity index is 1500. The number of pyridine rings is 1. The zero-order valence-corrected chi connectivity index (χ0v) is 16.6. The Morgan fingerprint density at radius 1 is 0.970 bits per heavy atom. The highest BCUT2D eigenvalue weighted by Crippen LogP contribution is 2.34. The molecule has 0 spiro atoms. The number of aromatic amines is 1. The number of carbonyl (C=O) groups is 1. The number of nitrogens with zero attached hydrogens (tertiary/aromatic N) is 4. The Morgan fingerprint density at radius 3 is 2.70 bits per heavy atom. The second-order valence-corrected chi connectivity index (χ2v) is 6.92. The van der Waals surface area contributed by atoms with E-state index in [0.717, 1.165) is 12.1 Å². The predicted molar refractivity (Wildman–Crippen MR) is 113 cm³/mol. The molecule has 5 aromatic rings. The van der Waals surface area contributed by atoms with Crippen molar-refractivity contribution >= 4 is 33.7 Å². The molecule has 0 radical (unpaired) electrons. The summed E-state index contributed by atoms with van der Waals surface area (Å²) in [6, 6.07) is 10.8. The van der Waals surface area contributed by atoms with Gasteiger partial charge in [0.25, 0.3) is 11.8 Å². The van der Waals surface area contributed by atoms with E-state index in [4.69, 9.17) is 4.74 Å². The molecular weight excluding hydrogens is 437 g/mol. The Balaban J connectivity index is 1.49. The zero-order chi connectivity index (χ0) is 23.0. The number of nitrogens with one attached hydrogen (secondary N) is 2. The molecule has 1 amide bonds. The Kier molecular flexibility index (Phi) is 4.85. The summed E-state index contributed by atoms with van der Waals surface area (Å²) in [7, 11) is 0. The molecule has 33 heavy (non-hydrogen) atoms. The maximum Gasteiger partial charge on any atom is 0.416 e. The van der Waals surface area contributed by atoms with E-state index < -0.39 is 17.6 Å². The normalized spacial score (nSPS) is 11.6. The molecule has 8 nitrogen and oxygen atoms in total. The molecule has 3 aromatic heterocycles. The largest absolute Gasteiger partial charge is 0.436 e. The van der Waals surface area contributed by atoms with Crippen molar-refractivity contribution < 1.29 is 22.7 Å². The van der Waals surface area contributed by atoms with Crippen molar-refractivity contribution in [1.29, 1.82) is 0 Å². The topological polar surface area (TPSA) is 106 Å². The number of amides is 1. The molecule has 2 N–H and O–H groups in total. The monoisotopic (exact) mass is 450 g/mol. The minimum atomic E-state index is -4.55. The van der Waals surface area contributed by atoms with Crippen LogP contribution in [0.15, 0.2) is 67.4 Å². The van der Waals surface area contributed by atoms with Crippen molar-refractivity contribution in [2.45, 2.75) is 6.18 Å². The van der Waals surface area contributed by atoms with E-state index in [1.54, 1.807) is 24.3 Å². The number of aromatic nitrogens is 5. The van der Waals surface area contributed by atoms with Crippen LogP contribution in [-0.4, -0.2) is 30.8 Å². The van der Waals surface area contributed by atoms with E-state index in [0.29, 0.717) is 33.5 Å². The van der Waals surface area contributed by atoms with Gasteiger partial charge in [-0.05, 0) is 42.5 Å². The standard InChI is InChI=1S/C22H13F3N6O2/c23-22(24,25)13-4-1-3-12(9-13)20(32)31-15-6-7-16(14-5-2-8-26-17(14)15)33-21-18-19(28-10-27-18)29-11-30-21/h1-11H,(H,31,32)(H,27,28,29,30). The summed E-state index contributed by atoms with van der Waals surface area (Å²) in [4.78, 5) is 32.2. The number of hydrogen-bond acceptors (Lipinski definition) is 6. The van der Waals surface area contributed by atoms with Crippen molar-refractivity contribution in [2.24, 2.45) is 0 Å². The van der Waals surface area contributed by atoms with Gasteiger partial charge in [0.05, 0.1) is 23.1 Å². The fraction of sp³-hybridized carbons (Fsp3) is 0.0455. The lowest BCUT2D eigenvalue weighted by molar-refractivity contribution is -0.137. The van der Waals surface area contributed by atoms with Crippen LogP contribution < -0.4 is 10.1 Å². The van der Waals surface area contributed by atoms with Crippen molar-refractivity contribution in [3.63, 3.8) is 0 Å². The van der Waals surface area contributed by atoms with E-state index in [1.807, 2.05) is 0 Å². The van der Waals surface area contributed by atoms with Gasteiger partial charge in [-0.15, -0.1) is 0 Å². The highest BCUT2D eigenvalue weighted by molar-refractivity contribution is 6.09. The maximum absolute atomic E-state index is 13.0. The van der Waals surface area contributed by atoms with E-state index in [9.17, 15) is 18.0 Å². The van der Waals surface area contributed by atoms with Crippen molar-refractivity contribution in [1.82, 2.24) is 24.9 Å². The van der Waals surface area contributed by atoms with Gasteiger partial charge in [0.2, 0.25) is 0 Å². The molecule has 0 saturated carbocycles. The Hall–Kier alpha value is -4.54. The quantitative estimate of drug-likeness (QED) is 0.401. The molecule has 0 aliphatic rings. The van der Waals surface area contributed by atoms with E-state index >= 15 is 0 Å². The third kappa shape index (κ3) is 3.91. The molecule has 0 atom stereocenters. The second-order valence-electron chi connectivity index (χ2n) is 6.92. The molecule has 0 aliphatic heterocycles. The predicted octanol–water partition coefficient (Wildman–Crippen LogP) is 4.96. The van der Waals surface area contributed by atoms with Crippen LogP contribution >= 0.6 is 0 Å². The van der Waals surface area contributed by atoms with Crippen LogP contribution in [0.5, 0.6) is 11.6 Å². The van der Waals surface area contributed by atoms with Gasteiger partial charge in [-0.3, -0.25) is 9.78 Å². The first-order valence-corrected chi connectivity index (χ1v) is 9.58. The minimum Gasteiger partial charge on any atom is -0.436 e. The Labute approximate surface area is 183 Å². The number of ether oxygens (including phenoxy) is 1. The number of rotatable bonds is 4. The fourth-order valence-corrected chi connectivity index (χ4v) is 3.29. The molecule has 5 rings (SSSR count). The van der Waals surface area contributed by atoms with Gasteiger partial charge in [-0.1, -0.05) is 6.07 Å². The number of imidazole rings is 1. The van der Waals surface area contributed by atoms with Crippen LogP contribution in [0.4, 0.5) is 18.9 Å². The van der Waals surface area contributed by atoms with Crippen LogP contribution in [0, 0.1) is 0 Å². The summed E-state index contributed by atoms with van der Waals surface area (Å²) < 4.78 is 44.9. The molecule has 164 valence electrons. The van der Waals surface area contributed by atoms with Crippen LogP contribution in [-0.2, 0) is 6.18 Å². The van der Waals surface area contributed by atoms with Gasteiger partial charge in [0.15, 0.2) is 11.2 Å². The summed E-state index contributed by atoms with van der Waals surface area (Å²) in [5.41, 5.74) is 0.618. The van der Waals surface area contributed by atoms with Crippen LogP contribution in [0.3, 0.4) is 0 Å². The van der Waals surface area contributed by atoms with Crippen LogP contribution in [0.1, 0.15) is 15.9 Å². The van der Waals surface area contributed by atoms with Crippen molar-refractivity contribution in [2.75, 3.05) is 5.32 Å². The third-order valence-corrected chi connectivity index (χ3v) is 4.82. The minimum absolute atomic E-state index is 0.129. The number of anilines is 1. The number of H-pyrrole nitrogens is 1. The SMILES string of the molecule is O=C(Nc1ccc(Oc2ncnc3[nH]cnc23)c2cccnc12)c1cccc(C(F)(F)F)c1. The van der Waals surface area contributed by atoms with Gasteiger partial charge in [0.1, 0.15) is 12.1 Å². The number of hydrogen-bond donors (Lipinski definition) is 2. The first-order valence-electron chi connectivity index (χ1n) is 9.58. The summed E-state index contributed by atoms with van der Waals surface area (Å²) in [5, 5.41) is 3.19. The van der Waals surface area contributed by atoms with Gasteiger partial charge >= 0.3 is 6.18 Å². The number of benzene rings is 2. The third-order valence-electron chi connectivity index (χ3n) is 4.82. The number of halogens is 3. The Morgan fingerprint density at radius 2 is 1.85 bits per heavy atom. The molecule has 0 bridgehead atoms. The molecule has 0 unspecified atom stereocenters. The smallest absolute Gasteiger partial charge is 0.416 e. The van der Waals surface area contributed by atoms with Crippen LogP contribution in [0.2, 0.25) is 0 Å². The summed E-state index contributed by atoms with van der Waals surface area (Å²) in [6.45, 7) is 0. The maximum atomic E-state index is 13.0. The lowest BCUT2D eigenvalue weighted by Crippen LogP contribution is -2.14. The molecular formula is C22H13F3N6O2. The lowest BCUT2D eigenvalue weighted by Gasteiger charge is -2.13. The van der Waals surface area contributed by atoms with Gasteiger partial charge in [0, 0.05) is 17.1 Å². The molecule has 11 heteroatoms. The zero-order valence-electron chi connectivity index (χ0n) is 16.6. The van der Waals surface area contributed by atoms with Crippen molar-refractivity contribution in [3.05, 3.63) is 78.5 Å². The summed E-state index contributed by atoms with van der Waals surface area (Å²) in [5.74, 6) is -0.0684. The van der Waals surface area contributed by atoms with Crippen LogP contribution in [0.25, 0.3) is 22.1 Å². The van der Waals surface area contributed by atoms with Gasteiger partial charge < -0.3 is 15.0 Å². The highest BCUT2D eigenvalue weighted by Gasteiger charge is 2.31. The average Bonchev–Trinajstić information content (AvgIpc) is 3.30. The second kappa shape index (κ2) is 7.86. The number of fused-ring (bicyclic) bond motifs is 2. The van der Waals surface area contributed by atoms with E-state index in [2.05, 4.69) is 30.2 Å². The first-order chi connectivity index (χ1) is 15.9. The highest BCUT2D eigenvalue weighted by atomic mass is 19.4. The summed E-state index contributed by atoms with van der Waals surface area (Å²) in [6.07, 6.45) is -0.217. The summed E-state index contributed by atoms with van der Waals surface area (Å²) >= 11 is 0. The van der Waals surface area contributed by atoms with E-state index in [-0.39, 0.29) is 11.4 Å². The number of alkyl halides is 3. The molecule has 0 saturated heterocycles.